The molecule has 0 radical (unpaired) electrons. The number of nitrogens with zero attached hydrogens (tertiary/aromatic N) is 4. The summed E-state index contributed by atoms with van der Waals surface area (Å²) in [5.74, 6) is -1.12. The SMILES string of the molecule is Cc1ccc(C)c(N2C(=O)c3ccc(C(=O)Nc4nc5scc(C)n5n4)cc3C2=O)c1. The number of hydrogen-bond donors (Lipinski definition) is 1. The summed E-state index contributed by atoms with van der Waals surface area (Å²) in [6.07, 6.45) is 0. The summed E-state index contributed by atoms with van der Waals surface area (Å²) in [6.45, 7) is 5.65. The predicted octanol–water partition coefficient (Wildman–Crippen LogP) is 3.77. The standard InChI is InChI=1S/C22H17N5O3S/c1-11-4-5-12(2)17(8-11)26-19(29)15-7-6-14(9-16(15)20(26)30)18(28)23-21-24-22-27(25-21)13(3)10-31-22/h4-10H,1-3H3,(H,23,25,28). The molecule has 31 heavy (non-hydrogen) atoms. The van der Waals surface area contributed by atoms with E-state index in [0.29, 0.717) is 10.6 Å². The van der Waals surface area contributed by atoms with Gasteiger partial charge >= 0.3 is 0 Å². The number of carbonyl (C=O) groups is 3. The fourth-order valence-corrected chi connectivity index (χ4v) is 4.38. The minimum absolute atomic E-state index is 0.180. The Balaban J connectivity index is 1.45. The van der Waals surface area contributed by atoms with Crippen molar-refractivity contribution in [3.63, 3.8) is 0 Å². The highest BCUT2D eigenvalue weighted by Crippen LogP contribution is 2.32. The second-order valence-corrected chi connectivity index (χ2v) is 8.29. The number of rotatable bonds is 3. The molecule has 3 heterocycles. The topological polar surface area (TPSA) is 96.7 Å². The maximum Gasteiger partial charge on any atom is 0.266 e. The van der Waals surface area contributed by atoms with Crippen molar-refractivity contribution in [1.29, 1.82) is 0 Å². The number of thiazole rings is 1. The second-order valence-electron chi connectivity index (χ2n) is 7.46. The highest BCUT2D eigenvalue weighted by molar-refractivity contribution is 7.15. The molecule has 0 atom stereocenters. The largest absolute Gasteiger partial charge is 0.289 e. The van der Waals surface area contributed by atoms with Crippen molar-refractivity contribution >= 4 is 45.7 Å². The van der Waals surface area contributed by atoms with Crippen molar-refractivity contribution in [3.05, 3.63) is 75.3 Å². The first-order valence-corrected chi connectivity index (χ1v) is 10.4. The molecule has 0 bridgehead atoms. The highest BCUT2D eigenvalue weighted by atomic mass is 32.1. The quantitative estimate of drug-likeness (QED) is 0.498. The van der Waals surface area contributed by atoms with Gasteiger partial charge in [-0.3, -0.25) is 19.7 Å². The van der Waals surface area contributed by atoms with Crippen LogP contribution in [0.15, 0.2) is 41.8 Å². The smallest absolute Gasteiger partial charge is 0.266 e. The summed E-state index contributed by atoms with van der Waals surface area (Å²) >= 11 is 1.43. The zero-order valence-electron chi connectivity index (χ0n) is 17.0. The van der Waals surface area contributed by atoms with Crippen LogP contribution in [0, 0.1) is 20.8 Å². The maximum atomic E-state index is 13.1. The molecular formula is C22H17N5O3S. The van der Waals surface area contributed by atoms with Crippen LogP contribution in [-0.2, 0) is 0 Å². The van der Waals surface area contributed by atoms with Gasteiger partial charge in [-0.1, -0.05) is 12.1 Å². The molecule has 9 heteroatoms. The van der Waals surface area contributed by atoms with E-state index in [1.165, 1.54) is 34.4 Å². The Hall–Kier alpha value is -3.85. The van der Waals surface area contributed by atoms with Crippen LogP contribution in [0.4, 0.5) is 11.6 Å². The van der Waals surface area contributed by atoms with Crippen molar-refractivity contribution in [2.24, 2.45) is 0 Å². The Morgan fingerprint density at radius 2 is 1.77 bits per heavy atom. The van der Waals surface area contributed by atoms with Crippen LogP contribution in [0.25, 0.3) is 4.96 Å². The number of anilines is 2. The zero-order chi connectivity index (χ0) is 21.9. The number of nitrogens with one attached hydrogen (secondary N) is 1. The van der Waals surface area contributed by atoms with Gasteiger partial charge in [0.15, 0.2) is 0 Å². The minimum atomic E-state index is -0.454. The lowest BCUT2D eigenvalue weighted by atomic mass is 10.1. The molecule has 0 saturated carbocycles. The van der Waals surface area contributed by atoms with E-state index in [-0.39, 0.29) is 22.6 Å². The molecular weight excluding hydrogens is 414 g/mol. The maximum absolute atomic E-state index is 13.1. The van der Waals surface area contributed by atoms with Gasteiger partial charge in [0.1, 0.15) is 0 Å². The lowest BCUT2D eigenvalue weighted by molar-refractivity contribution is 0.0925. The summed E-state index contributed by atoms with van der Waals surface area (Å²) in [4.78, 5) is 44.8. The number of benzene rings is 2. The Morgan fingerprint density at radius 1 is 1.00 bits per heavy atom. The number of aryl methyl sites for hydroxylation is 3. The zero-order valence-corrected chi connectivity index (χ0v) is 17.8. The molecule has 5 rings (SSSR count). The molecule has 0 unspecified atom stereocenters. The number of imide groups is 1. The van der Waals surface area contributed by atoms with Gasteiger partial charge in [-0.2, -0.15) is 4.98 Å². The van der Waals surface area contributed by atoms with E-state index in [1.54, 1.807) is 4.52 Å². The molecule has 0 aliphatic carbocycles. The summed E-state index contributed by atoms with van der Waals surface area (Å²) in [7, 11) is 0. The van der Waals surface area contributed by atoms with E-state index in [0.717, 1.165) is 16.8 Å². The molecule has 1 N–H and O–H groups in total. The van der Waals surface area contributed by atoms with Crippen molar-refractivity contribution < 1.29 is 14.4 Å². The van der Waals surface area contributed by atoms with Crippen LogP contribution in [-0.4, -0.2) is 32.3 Å². The van der Waals surface area contributed by atoms with E-state index in [1.807, 2.05) is 44.4 Å². The first-order valence-electron chi connectivity index (χ1n) is 9.56. The number of carbonyl (C=O) groups excluding carboxylic acids is 3. The molecule has 2 aromatic carbocycles. The van der Waals surface area contributed by atoms with Gasteiger partial charge in [-0.15, -0.1) is 16.4 Å². The Bertz CT molecular complexity index is 1420. The lowest BCUT2D eigenvalue weighted by Crippen LogP contribution is -2.30. The lowest BCUT2D eigenvalue weighted by Gasteiger charge is -2.17. The van der Waals surface area contributed by atoms with Gasteiger partial charge in [0, 0.05) is 10.9 Å². The number of hydrogen-bond acceptors (Lipinski definition) is 6. The van der Waals surface area contributed by atoms with Crippen LogP contribution in [0.3, 0.4) is 0 Å². The van der Waals surface area contributed by atoms with Gasteiger partial charge in [-0.25, -0.2) is 9.42 Å². The first kappa shape index (κ1) is 19.1. The summed E-state index contributed by atoms with van der Waals surface area (Å²) in [6, 6.07) is 10.1. The highest BCUT2D eigenvalue weighted by Gasteiger charge is 2.37. The van der Waals surface area contributed by atoms with E-state index < -0.39 is 17.7 Å². The van der Waals surface area contributed by atoms with Crippen LogP contribution in [0.1, 0.15) is 47.9 Å². The molecule has 0 fully saturated rings. The molecule has 0 spiro atoms. The van der Waals surface area contributed by atoms with Gasteiger partial charge < -0.3 is 0 Å². The fourth-order valence-electron chi connectivity index (χ4n) is 3.58. The molecule has 1 aliphatic heterocycles. The third-order valence-electron chi connectivity index (χ3n) is 5.23. The molecule has 1 aliphatic rings. The van der Waals surface area contributed by atoms with Crippen molar-refractivity contribution in [2.75, 3.05) is 10.2 Å². The van der Waals surface area contributed by atoms with Crippen LogP contribution in [0.2, 0.25) is 0 Å². The van der Waals surface area contributed by atoms with Crippen LogP contribution < -0.4 is 10.2 Å². The second kappa shape index (κ2) is 6.85. The van der Waals surface area contributed by atoms with E-state index in [4.69, 9.17) is 0 Å². The summed E-state index contributed by atoms with van der Waals surface area (Å²) in [5, 5.41) is 8.84. The van der Waals surface area contributed by atoms with E-state index in [9.17, 15) is 14.4 Å². The number of aromatic nitrogens is 3. The van der Waals surface area contributed by atoms with Gasteiger partial charge in [-0.05, 0) is 56.2 Å². The molecule has 154 valence electrons. The van der Waals surface area contributed by atoms with Crippen LogP contribution in [0.5, 0.6) is 0 Å². The number of fused-ring (bicyclic) bond motifs is 2. The summed E-state index contributed by atoms with van der Waals surface area (Å²) < 4.78 is 1.65. The summed E-state index contributed by atoms with van der Waals surface area (Å²) in [5.41, 5.74) is 3.96. The third-order valence-corrected chi connectivity index (χ3v) is 6.16. The predicted molar refractivity (Wildman–Crippen MR) is 117 cm³/mol. The van der Waals surface area contributed by atoms with E-state index in [2.05, 4.69) is 15.4 Å². The monoisotopic (exact) mass is 431 g/mol. The van der Waals surface area contributed by atoms with Crippen molar-refractivity contribution in [3.8, 4) is 0 Å². The van der Waals surface area contributed by atoms with Crippen molar-refractivity contribution in [1.82, 2.24) is 14.6 Å². The molecule has 0 saturated heterocycles. The average Bonchev–Trinajstić information content (AvgIpc) is 3.37. The van der Waals surface area contributed by atoms with Crippen molar-refractivity contribution in [2.45, 2.75) is 20.8 Å². The number of amides is 3. The molecule has 3 amide bonds. The Labute approximate surface area is 181 Å². The molecule has 2 aromatic heterocycles. The first-order chi connectivity index (χ1) is 14.8. The molecule has 4 aromatic rings. The minimum Gasteiger partial charge on any atom is -0.289 e. The Kier molecular flexibility index (Phi) is 4.23. The fraction of sp³-hybridized carbons (Fsp3) is 0.136. The van der Waals surface area contributed by atoms with Crippen LogP contribution >= 0.6 is 11.3 Å². The van der Waals surface area contributed by atoms with E-state index >= 15 is 0 Å². The van der Waals surface area contributed by atoms with Gasteiger partial charge in [0.2, 0.25) is 4.96 Å². The Morgan fingerprint density at radius 3 is 2.55 bits per heavy atom. The normalized spacial score (nSPS) is 13.2. The van der Waals surface area contributed by atoms with Gasteiger partial charge in [0.05, 0.1) is 22.5 Å². The molecule has 8 nitrogen and oxygen atoms in total. The average molecular weight is 431 g/mol. The van der Waals surface area contributed by atoms with Gasteiger partial charge in [0.25, 0.3) is 23.7 Å². The third kappa shape index (κ3) is 3.01.